The van der Waals surface area contributed by atoms with Gasteiger partial charge in [0.1, 0.15) is 5.82 Å². The third-order valence-corrected chi connectivity index (χ3v) is 4.58. The maximum Gasteiger partial charge on any atom is 0.137 e. The van der Waals surface area contributed by atoms with Gasteiger partial charge in [-0.2, -0.15) is 0 Å². The van der Waals surface area contributed by atoms with E-state index in [1.807, 2.05) is 6.07 Å². The first-order valence-electron chi connectivity index (χ1n) is 5.88. The lowest BCUT2D eigenvalue weighted by Crippen LogP contribution is -2.22. The molecule has 0 fully saturated rings. The highest BCUT2D eigenvalue weighted by Gasteiger charge is 2.10. The van der Waals surface area contributed by atoms with Gasteiger partial charge < -0.3 is 0 Å². The molecule has 0 aliphatic carbocycles. The smallest absolute Gasteiger partial charge is 0.137 e. The van der Waals surface area contributed by atoms with Gasteiger partial charge in [0.05, 0.1) is 4.47 Å². The Morgan fingerprint density at radius 2 is 2.06 bits per heavy atom. The summed E-state index contributed by atoms with van der Waals surface area (Å²) >= 11 is 5.07. The highest BCUT2D eigenvalue weighted by Crippen LogP contribution is 2.23. The van der Waals surface area contributed by atoms with Gasteiger partial charge in [0.2, 0.25) is 0 Å². The summed E-state index contributed by atoms with van der Waals surface area (Å²) in [4.78, 5) is 3.63. The van der Waals surface area contributed by atoms with Crippen molar-refractivity contribution >= 4 is 27.3 Å². The maximum atomic E-state index is 13.4. The molecule has 0 bridgehead atoms. The summed E-state index contributed by atoms with van der Waals surface area (Å²) in [7, 11) is 0. The van der Waals surface area contributed by atoms with Gasteiger partial charge in [0.25, 0.3) is 0 Å². The predicted molar refractivity (Wildman–Crippen MR) is 78.2 cm³/mol. The Kier molecular flexibility index (Phi) is 4.92. The molecule has 1 nitrogen and oxygen atoms in total. The van der Waals surface area contributed by atoms with Crippen LogP contribution in [-0.4, -0.2) is 11.4 Å². The van der Waals surface area contributed by atoms with Crippen molar-refractivity contribution in [1.82, 2.24) is 4.90 Å². The molecule has 1 aromatic carbocycles. The first kappa shape index (κ1) is 13.7. The van der Waals surface area contributed by atoms with Gasteiger partial charge in [-0.3, -0.25) is 4.90 Å². The minimum Gasteiger partial charge on any atom is -0.294 e. The Morgan fingerprint density at radius 3 is 2.72 bits per heavy atom. The third-order valence-electron chi connectivity index (χ3n) is 2.83. The lowest BCUT2D eigenvalue weighted by atomic mass is 10.2. The van der Waals surface area contributed by atoms with Gasteiger partial charge in [0, 0.05) is 18.0 Å². The molecule has 2 aromatic rings. The molecule has 2 rings (SSSR count). The summed E-state index contributed by atoms with van der Waals surface area (Å²) < 4.78 is 14.0. The van der Waals surface area contributed by atoms with Gasteiger partial charge in [-0.1, -0.05) is 25.1 Å². The number of benzene rings is 1. The van der Waals surface area contributed by atoms with E-state index in [0.717, 1.165) is 25.2 Å². The number of hydrogen-bond donors (Lipinski definition) is 0. The largest absolute Gasteiger partial charge is 0.294 e. The average Bonchev–Trinajstić information content (AvgIpc) is 2.86. The second kappa shape index (κ2) is 6.45. The van der Waals surface area contributed by atoms with Crippen molar-refractivity contribution < 1.29 is 4.39 Å². The summed E-state index contributed by atoms with van der Waals surface area (Å²) in [6.07, 6.45) is 0. The van der Waals surface area contributed by atoms with E-state index in [0.29, 0.717) is 4.47 Å². The quantitative estimate of drug-likeness (QED) is 0.771. The number of nitrogens with zero attached hydrogens (tertiary/aromatic N) is 1. The van der Waals surface area contributed by atoms with E-state index in [9.17, 15) is 4.39 Å². The van der Waals surface area contributed by atoms with Crippen molar-refractivity contribution in [1.29, 1.82) is 0 Å². The standard InChI is InChI=1S/C14H15BrFNS/c1-2-17(10-12-6-4-8-18-12)9-11-5-3-7-13(16)14(11)15/h3-8H,2,9-10H2,1H3. The van der Waals surface area contributed by atoms with Crippen LogP contribution in [0, 0.1) is 5.82 Å². The highest BCUT2D eigenvalue weighted by atomic mass is 79.9. The first-order chi connectivity index (χ1) is 8.70. The minimum absolute atomic E-state index is 0.195. The Balaban J connectivity index is 2.08. The Hall–Kier alpha value is -0.710. The van der Waals surface area contributed by atoms with Crippen LogP contribution in [0.1, 0.15) is 17.4 Å². The van der Waals surface area contributed by atoms with Crippen LogP contribution >= 0.6 is 27.3 Å². The summed E-state index contributed by atoms with van der Waals surface area (Å²) in [5.41, 5.74) is 0.994. The fourth-order valence-corrected chi connectivity index (χ4v) is 2.95. The number of thiophene rings is 1. The average molecular weight is 328 g/mol. The van der Waals surface area contributed by atoms with Crippen LogP contribution in [0.2, 0.25) is 0 Å². The summed E-state index contributed by atoms with van der Waals surface area (Å²) in [5, 5.41) is 2.08. The second-order valence-electron chi connectivity index (χ2n) is 4.10. The van der Waals surface area contributed by atoms with E-state index in [-0.39, 0.29) is 5.82 Å². The molecule has 0 saturated carbocycles. The predicted octanol–water partition coefficient (Wildman–Crippen LogP) is 4.67. The zero-order chi connectivity index (χ0) is 13.0. The monoisotopic (exact) mass is 327 g/mol. The van der Waals surface area contributed by atoms with E-state index in [4.69, 9.17) is 0 Å². The van der Waals surface area contributed by atoms with Crippen molar-refractivity contribution in [2.75, 3.05) is 6.54 Å². The molecular weight excluding hydrogens is 313 g/mol. The van der Waals surface area contributed by atoms with Crippen LogP contribution in [0.25, 0.3) is 0 Å². The van der Waals surface area contributed by atoms with Crippen molar-refractivity contribution in [2.24, 2.45) is 0 Å². The lowest BCUT2D eigenvalue weighted by molar-refractivity contribution is 0.273. The van der Waals surface area contributed by atoms with Crippen LogP contribution in [0.5, 0.6) is 0 Å². The molecule has 0 spiro atoms. The van der Waals surface area contributed by atoms with Crippen LogP contribution in [0.3, 0.4) is 0 Å². The molecule has 0 aliphatic heterocycles. The van der Waals surface area contributed by atoms with Crippen LogP contribution < -0.4 is 0 Å². The van der Waals surface area contributed by atoms with Gasteiger partial charge >= 0.3 is 0 Å². The van der Waals surface area contributed by atoms with E-state index < -0.39 is 0 Å². The minimum atomic E-state index is -0.195. The summed E-state index contributed by atoms with van der Waals surface area (Å²) in [6, 6.07) is 9.39. The van der Waals surface area contributed by atoms with Gasteiger partial charge in [-0.25, -0.2) is 4.39 Å². The molecule has 0 radical (unpaired) electrons. The molecule has 0 atom stereocenters. The van der Waals surface area contributed by atoms with Crippen molar-refractivity contribution in [2.45, 2.75) is 20.0 Å². The number of hydrogen-bond acceptors (Lipinski definition) is 2. The van der Waals surface area contributed by atoms with Gasteiger partial charge in [0.15, 0.2) is 0 Å². The van der Waals surface area contributed by atoms with E-state index in [2.05, 4.69) is 45.3 Å². The SMILES string of the molecule is CCN(Cc1cccs1)Cc1cccc(F)c1Br. The zero-order valence-electron chi connectivity index (χ0n) is 10.2. The highest BCUT2D eigenvalue weighted by molar-refractivity contribution is 9.10. The van der Waals surface area contributed by atoms with E-state index in [1.54, 1.807) is 17.4 Å². The lowest BCUT2D eigenvalue weighted by Gasteiger charge is -2.20. The fourth-order valence-electron chi connectivity index (χ4n) is 1.81. The van der Waals surface area contributed by atoms with Crippen LogP contribution in [-0.2, 0) is 13.1 Å². The van der Waals surface area contributed by atoms with Gasteiger partial charge in [-0.15, -0.1) is 11.3 Å². The maximum absolute atomic E-state index is 13.4. The van der Waals surface area contributed by atoms with Crippen LogP contribution in [0.15, 0.2) is 40.2 Å². The molecule has 0 aliphatic rings. The molecule has 0 saturated heterocycles. The fraction of sp³-hybridized carbons (Fsp3) is 0.286. The first-order valence-corrected chi connectivity index (χ1v) is 7.55. The van der Waals surface area contributed by atoms with Gasteiger partial charge in [-0.05, 0) is 45.6 Å². The molecule has 18 heavy (non-hydrogen) atoms. The molecule has 1 heterocycles. The Bertz CT molecular complexity index is 499. The van der Waals surface area contributed by atoms with Crippen molar-refractivity contribution in [3.8, 4) is 0 Å². The molecule has 4 heteroatoms. The molecule has 1 aromatic heterocycles. The Labute approximate surface area is 119 Å². The van der Waals surface area contributed by atoms with E-state index >= 15 is 0 Å². The molecule has 0 amide bonds. The molecule has 0 unspecified atom stereocenters. The third kappa shape index (κ3) is 3.40. The summed E-state index contributed by atoms with van der Waals surface area (Å²) in [6.45, 7) is 4.74. The molecular formula is C14H15BrFNS. The normalized spacial score (nSPS) is 11.1. The van der Waals surface area contributed by atoms with E-state index in [1.165, 1.54) is 10.9 Å². The topological polar surface area (TPSA) is 3.24 Å². The number of rotatable bonds is 5. The van der Waals surface area contributed by atoms with Crippen molar-refractivity contribution in [3.63, 3.8) is 0 Å². The van der Waals surface area contributed by atoms with Crippen molar-refractivity contribution in [3.05, 3.63) is 56.4 Å². The second-order valence-corrected chi connectivity index (χ2v) is 5.92. The summed E-state index contributed by atoms with van der Waals surface area (Å²) in [5.74, 6) is -0.195. The van der Waals surface area contributed by atoms with Crippen LogP contribution in [0.4, 0.5) is 4.39 Å². The molecule has 96 valence electrons. The number of halogens is 2. The Morgan fingerprint density at radius 1 is 1.22 bits per heavy atom. The molecule has 0 N–H and O–H groups in total. The zero-order valence-corrected chi connectivity index (χ0v) is 12.6.